The molecule has 1 atom stereocenters. The maximum atomic E-state index is 12.5. The zero-order chi connectivity index (χ0) is 17.2. The Balaban J connectivity index is 1.40. The molecule has 6 heteroatoms. The van der Waals surface area contributed by atoms with E-state index in [4.69, 9.17) is 11.6 Å². The zero-order valence-electron chi connectivity index (χ0n) is 13.8. The average molecular weight is 374 g/mol. The number of nitrogens with one attached hydrogen (secondary N) is 1. The first-order chi connectivity index (χ1) is 12.2. The highest BCUT2D eigenvalue weighted by Crippen LogP contribution is 2.31. The third kappa shape index (κ3) is 3.84. The number of hydrogen-bond acceptors (Lipinski definition) is 4. The molecule has 25 heavy (non-hydrogen) atoms. The number of hydrogen-bond donors (Lipinski definition) is 1. The van der Waals surface area contributed by atoms with Crippen molar-refractivity contribution in [1.29, 1.82) is 0 Å². The Morgan fingerprint density at radius 3 is 2.60 bits per heavy atom. The summed E-state index contributed by atoms with van der Waals surface area (Å²) in [6.07, 6.45) is 4.13. The van der Waals surface area contributed by atoms with Gasteiger partial charge >= 0.3 is 0 Å². The molecule has 0 radical (unpaired) electrons. The number of carbonyl (C=O) groups is 1. The molecule has 4 heterocycles. The highest BCUT2D eigenvalue weighted by atomic mass is 35.5. The van der Waals surface area contributed by atoms with Crippen LogP contribution in [-0.4, -0.2) is 41.5 Å². The van der Waals surface area contributed by atoms with E-state index < -0.39 is 0 Å². The van der Waals surface area contributed by atoms with Gasteiger partial charge in [-0.3, -0.25) is 4.79 Å². The molecule has 5 rings (SSSR count). The minimum Gasteiger partial charge on any atom is -0.348 e. The molecule has 2 aromatic rings. The van der Waals surface area contributed by atoms with E-state index >= 15 is 0 Å². The predicted octanol–water partition coefficient (Wildman–Crippen LogP) is 3.71. The van der Waals surface area contributed by atoms with Gasteiger partial charge in [-0.1, -0.05) is 23.4 Å². The zero-order valence-corrected chi connectivity index (χ0v) is 15.4. The molecule has 0 spiro atoms. The van der Waals surface area contributed by atoms with Crippen LogP contribution >= 0.6 is 23.4 Å². The van der Waals surface area contributed by atoms with Gasteiger partial charge in [-0.05, 0) is 68.2 Å². The lowest BCUT2D eigenvalue weighted by Crippen LogP contribution is -2.57. The number of aromatic nitrogens is 1. The molecule has 0 saturated carbocycles. The van der Waals surface area contributed by atoms with Crippen LogP contribution in [0.5, 0.6) is 0 Å². The second kappa shape index (κ2) is 7.36. The molecular weight excluding hydrogens is 354 g/mol. The molecule has 3 aliphatic heterocycles. The van der Waals surface area contributed by atoms with Crippen LogP contribution in [0.15, 0.2) is 52.5 Å². The van der Waals surface area contributed by atoms with E-state index in [0.717, 1.165) is 16.5 Å². The van der Waals surface area contributed by atoms with Crippen molar-refractivity contribution in [1.82, 2.24) is 15.2 Å². The second-order valence-corrected chi connectivity index (χ2v) is 8.10. The summed E-state index contributed by atoms with van der Waals surface area (Å²) in [6.45, 7) is 3.35. The van der Waals surface area contributed by atoms with Crippen molar-refractivity contribution >= 4 is 29.3 Å². The fourth-order valence-electron chi connectivity index (χ4n) is 3.61. The van der Waals surface area contributed by atoms with E-state index in [0.29, 0.717) is 16.5 Å². The second-order valence-electron chi connectivity index (χ2n) is 6.63. The minimum absolute atomic E-state index is 0.0196. The summed E-state index contributed by atoms with van der Waals surface area (Å²) < 4.78 is 0. The van der Waals surface area contributed by atoms with Gasteiger partial charge in [0.2, 0.25) is 0 Å². The van der Waals surface area contributed by atoms with Crippen molar-refractivity contribution in [3.8, 4) is 0 Å². The van der Waals surface area contributed by atoms with Gasteiger partial charge in [0.05, 0.1) is 5.02 Å². The van der Waals surface area contributed by atoms with Crippen molar-refractivity contribution in [2.24, 2.45) is 5.92 Å². The summed E-state index contributed by atoms with van der Waals surface area (Å²) in [4.78, 5) is 20.3. The number of carbonyl (C=O) groups excluding carboxylic acids is 1. The summed E-state index contributed by atoms with van der Waals surface area (Å²) in [5.74, 6) is 0.654. The fourth-order valence-corrected chi connectivity index (χ4v) is 4.62. The van der Waals surface area contributed by atoms with Gasteiger partial charge in [-0.15, -0.1) is 0 Å². The average Bonchev–Trinajstić information content (AvgIpc) is 2.65. The molecule has 3 fully saturated rings. The smallest absolute Gasteiger partial charge is 0.251 e. The summed E-state index contributed by atoms with van der Waals surface area (Å²) in [5, 5.41) is 4.63. The van der Waals surface area contributed by atoms with Gasteiger partial charge in [0.1, 0.15) is 5.03 Å². The quantitative estimate of drug-likeness (QED) is 0.887. The van der Waals surface area contributed by atoms with Crippen LogP contribution < -0.4 is 5.32 Å². The van der Waals surface area contributed by atoms with E-state index in [1.807, 2.05) is 36.4 Å². The van der Waals surface area contributed by atoms with Crippen molar-refractivity contribution in [3.05, 3.63) is 53.2 Å². The molecule has 1 aromatic carbocycles. The molecule has 1 N–H and O–H groups in total. The number of fused-ring (bicyclic) bond motifs is 3. The number of nitrogens with zero attached hydrogens (tertiary/aromatic N) is 2. The number of pyridine rings is 1. The molecule has 3 aliphatic rings. The van der Waals surface area contributed by atoms with Crippen LogP contribution in [0.25, 0.3) is 0 Å². The summed E-state index contributed by atoms with van der Waals surface area (Å²) in [6, 6.07) is 11.6. The summed E-state index contributed by atoms with van der Waals surface area (Å²) >= 11 is 7.64. The van der Waals surface area contributed by atoms with Crippen LogP contribution in [0.4, 0.5) is 0 Å². The first-order valence-electron chi connectivity index (χ1n) is 8.61. The van der Waals surface area contributed by atoms with Crippen LogP contribution in [-0.2, 0) is 0 Å². The van der Waals surface area contributed by atoms with E-state index in [1.54, 1.807) is 6.20 Å². The number of piperidine rings is 3. The van der Waals surface area contributed by atoms with E-state index in [-0.39, 0.29) is 11.9 Å². The highest BCUT2D eigenvalue weighted by molar-refractivity contribution is 7.99. The first kappa shape index (κ1) is 16.9. The molecule has 1 aromatic heterocycles. The highest BCUT2D eigenvalue weighted by Gasteiger charge is 2.34. The molecule has 0 unspecified atom stereocenters. The Kier molecular flexibility index (Phi) is 4.97. The molecule has 1 amide bonds. The number of amides is 1. The lowest BCUT2D eigenvalue weighted by atomic mass is 9.84. The SMILES string of the molecule is O=C(N[C@H]1CN2CCC1CC2)c1ccc(Sc2ncccc2Cl)cc1. The Morgan fingerprint density at radius 2 is 1.96 bits per heavy atom. The van der Waals surface area contributed by atoms with Crippen LogP contribution in [0, 0.1) is 5.92 Å². The Bertz CT molecular complexity index is 760. The molecule has 0 aliphatic carbocycles. The molecule has 130 valence electrons. The van der Waals surface area contributed by atoms with Gasteiger partial charge in [0.15, 0.2) is 0 Å². The third-order valence-electron chi connectivity index (χ3n) is 5.03. The van der Waals surface area contributed by atoms with Gasteiger partial charge in [-0.25, -0.2) is 4.98 Å². The van der Waals surface area contributed by atoms with Crippen molar-refractivity contribution in [3.63, 3.8) is 0 Å². The maximum absolute atomic E-state index is 12.5. The Labute approximate surface area is 157 Å². The van der Waals surface area contributed by atoms with Crippen molar-refractivity contribution in [2.45, 2.75) is 28.8 Å². The number of halogens is 1. The largest absolute Gasteiger partial charge is 0.348 e. The summed E-state index contributed by atoms with van der Waals surface area (Å²) in [7, 11) is 0. The topological polar surface area (TPSA) is 45.2 Å². The van der Waals surface area contributed by atoms with E-state index in [1.165, 1.54) is 37.7 Å². The normalized spacial score (nSPS) is 24.9. The molecule has 3 saturated heterocycles. The van der Waals surface area contributed by atoms with Gasteiger partial charge in [0, 0.05) is 29.2 Å². The van der Waals surface area contributed by atoms with Crippen LogP contribution in [0.3, 0.4) is 0 Å². The third-order valence-corrected chi connectivity index (χ3v) is 6.47. The van der Waals surface area contributed by atoms with Gasteiger partial charge < -0.3 is 10.2 Å². The number of rotatable bonds is 4. The molecule has 4 nitrogen and oxygen atoms in total. The first-order valence-corrected chi connectivity index (χ1v) is 9.80. The van der Waals surface area contributed by atoms with E-state index in [9.17, 15) is 4.79 Å². The van der Waals surface area contributed by atoms with Gasteiger partial charge in [-0.2, -0.15) is 0 Å². The van der Waals surface area contributed by atoms with Crippen LogP contribution in [0.1, 0.15) is 23.2 Å². The van der Waals surface area contributed by atoms with E-state index in [2.05, 4.69) is 15.2 Å². The minimum atomic E-state index is 0.0196. The van der Waals surface area contributed by atoms with Crippen molar-refractivity contribution < 1.29 is 4.79 Å². The van der Waals surface area contributed by atoms with Gasteiger partial charge in [0.25, 0.3) is 5.91 Å². The predicted molar refractivity (Wildman–Crippen MR) is 100 cm³/mol. The maximum Gasteiger partial charge on any atom is 0.251 e. The van der Waals surface area contributed by atoms with Crippen molar-refractivity contribution in [2.75, 3.05) is 19.6 Å². The molecular formula is C19H20ClN3OS. The lowest BCUT2D eigenvalue weighted by molar-refractivity contribution is 0.0620. The lowest BCUT2D eigenvalue weighted by Gasteiger charge is -2.44. The fraction of sp³-hybridized carbons (Fsp3) is 0.368. The Morgan fingerprint density at radius 1 is 1.20 bits per heavy atom. The monoisotopic (exact) mass is 373 g/mol. The molecule has 2 bridgehead atoms. The Hall–Kier alpha value is -1.56. The number of benzene rings is 1. The summed E-state index contributed by atoms with van der Waals surface area (Å²) in [5.41, 5.74) is 0.702. The standard InChI is InChI=1S/C19H20ClN3OS/c20-16-2-1-9-21-19(16)25-15-5-3-14(4-6-15)18(24)22-17-12-23-10-7-13(17)8-11-23/h1-6,9,13,17H,7-8,10-12H2,(H,22,24)/t17-/m0/s1. The van der Waals surface area contributed by atoms with Crippen LogP contribution in [0.2, 0.25) is 5.02 Å².